The van der Waals surface area contributed by atoms with Gasteiger partial charge in [0, 0.05) is 68.1 Å². The van der Waals surface area contributed by atoms with E-state index in [1.54, 1.807) is 11.1 Å². The van der Waals surface area contributed by atoms with E-state index >= 15 is 0 Å². The number of urea groups is 1. The normalized spacial score (nSPS) is 25.5. The molecule has 5 atom stereocenters. The van der Waals surface area contributed by atoms with E-state index in [9.17, 15) is 19.5 Å². The molecule has 10 rings (SSSR count). The van der Waals surface area contributed by atoms with Crippen LogP contribution in [0.1, 0.15) is 103 Å². The Balaban J connectivity index is 0.753. The molecule has 3 aromatic heterocycles. The second kappa shape index (κ2) is 16.3. The van der Waals surface area contributed by atoms with Crippen molar-refractivity contribution < 1.29 is 24.0 Å². The minimum absolute atomic E-state index is 0.0710. The number of hydrogen-bond acceptors (Lipinski definition) is 11. The second-order valence-corrected chi connectivity index (χ2v) is 18.0. The van der Waals surface area contributed by atoms with Crippen LogP contribution in [0.25, 0.3) is 21.9 Å². The first-order valence-corrected chi connectivity index (χ1v) is 22.1. The molecule has 5 aromatic rings. The molecule has 16 heteroatoms. The van der Waals surface area contributed by atoms with Gasteiger partial charge in [-0.25, -0.2) is 14.8 Å². The van der Waals surface area contributed by atoms with Gasteiger partial charge in [-0.15, -0.1) is 0 Å². The van der Waals surface area contributed by atoms with Crippen molar-refractivity contribution in [3.8, 4) is 0 Å². The fourth-order valence-electron chi connectivity index (χ4n) is 10.8. The highest BCUT2D eigenvalue weighted by Crippen LogP contribution is 2.45. The number of nitrogens with one attached hydrogen (secondary N) is 3. The fourth-order valence-corrected chi connectivity index (χ4v) is 10.8. The van der Waals surface area contributed by atoms with Gasteiger partial charge in [-0.2, -0.15) is 0 Å². The number of H-pyrrole nitrogens is 1. The zero-order chi connectivity index (χ0) is 41.8. The summed E-state index contributed by atoms with van der Waals surface area (Å²) in [7, 11) is 1.84. The van der Waals surface area contributed by atoms with Gasteiger partial charge in [-0.05, 0) is 118 Å². The predicted molar refractivity (Wildman–Crippen MR) is 231 cm³/mol. The second-order valence-electron chi connectivity index (χ2n) is 18.0. The number of aliphatic hydroxyl groups excluding tert-OH is 1. The van der Waals surface area contributed by atoms with Crippen molar-refractivity contribution in [1.82, 2.24) is 40.1 Å². The Morgan fingerprint density at radius 3 is 2.59 bits per heavy atom. The van der Waals surface area contributed by atoms with E-state index in [2.05, 4.69) is 53.8 Å². The van der Waals surface area contributed by atoms with Crippen LogP contribution < -0.4 is 21.3 Å². The van der Waals surface area contributed by atoms with Crippen molar-refractivity contribution in [2.75, 3.05) is 63.1 Å². The number of aromatic amines is 1. The molecule has 1 aliphatic carbocycles. The van der Waals surface area contributed by atoms with Crippen LogP contribution in [0.15, 0.2) is 53.3 Å². The SMILES string of the molecule is CN1CCN([C@@H]2CCCN(c3cnc(C(N)=O)c(Nc4ccc(C5CCN(C[C@@H]6CCC(c7cc8[nH]ccc8c8c(C9CCC(O)NC9=O)noc78)C6)CC5)cc4)n3)C2)C1=O. The first kappa shape index (κ1) is 39.4. The number of likely N-dealkylation sites (tertiary alicyclic amines) is 1. The van der Waals surface area contributed by atoms with Gasteiger partial charge in [-0.1, -0.05) is 17.3 Å². The number of fused-ring (bicyclic) bond motifs is 3. The average Bonchev–Trinajstić information content (AvgIpc) is 4.09. The maximum absolute atomic E-state index is 12.9. The molecule has 5 fully saturated rings. The maximum Gasteiger partial charge on any atom is 0.320 e. The van der Waals surface area contributed by atoms with E-state index in [-0.39, 0.29) is 23.7 Å². The number of carbonyl (C=O) groups excluding carboxylic acids is 3. The summed E-state index contributed by atoms with van der Waals surface area (Å²) in [5.41, 5.74) is 11.6. The number of likely N-dealkylation sites (N-methyl/N-ethyl adjacent to an activating group) is 1. The number of aliphatic hydroxyl groups is 1. The van der Waals surface area contributed by atoms with Crippen LogP contribution in [0.4, 0.5) is 22.1 Å². The number of hydrogen-bond donors (Lipinski definition) is 5. The highest BCUT2D eigenvalue weighted by atomic mass is 16.5. The molecule has 16 nitrogen and oxygen atoms in total. The van der Waals surface area contributed by atoms with Gasteiger partial charge in [0.05, 0.1) is 23.5 Å². The van der Waals surface area contributed by atoms with E-state index in [0.29, 0.717) is 54.5 Å². The molecular formula is C45H55N11O5. The van der Waals surface area contributed by atoms with Crippen LogP contribution >= 0.6 is 0 Å². The average molecular weight is 830 g/mol. The van der Waals surface area contributed by atoms with Gasteiger partial charge in [-0.3, -0.25) is 9.59 Å². The number of benzene rings is 2. The summed E-state index contributed by atoms with van der Waals surface area (Å²) < 4.78 is 6.08. The Hall–Kier alpha value is -5.74. The summed E-state index contributed by atoms with van der Waals surface area (Å²) in [4.78, 5) is 59.2. The molecule has 1 saturated carbocycles. The first-order valence-electron chi connectivity index (χ1n) is 22.1. The number of carbonyl (C=O) groups is 3. The number of anilines is 3. The quantitative estimate of drug-likeness (QED) is 0.121. The Morgan fingerprint density at radius 1 is 0.984 bits per heavy atom. The smallest absolute Gasteiger partial charge is 0.320 e. The summed E-state index contributed by atoms with van der Waals surface area (Å²) in [6.07, 6.45) is 11.1. The van der Waals surface area contributed by atoms with Crippen molar-refractivity contribution in [1.29, 1.82) is 0 Å². The highest BCUT2D eigenvalue weighted by molar-refractivity contribution is 6.09. The minimum atomic E-state index is -0.815. The van der Waals surface area contributed by atoms with E-state index in [1.807, 2.05) is 36.3 Å². The van der Waals surface area contributed by atoms with Gasteiger partial charge in [0.2, 0.25) is 5.91 Å². The number of aromatic nitrogens is 4. The van der Waals surface area contributed by atoms with Crippen LogP contribution in [0.3, 0.4) is 0 Å². The number of primary amides is 1. The molecular weight excluding hydrogens is 775 g/mol. The summed E-state index contributed by atoms with van der Waals surface area (Å²) in [6.45, 7) is 6.11. The molecule has 6 N–H and O–H groups in total. The third kappa shape index (κ3) is 7.64. The number of nitrogens with zero attached hydrogens (tertiary/aromatic N) is 7. The minimum Gasteiger partial charge on any atom is -0.374 e. The lowest BCUT2D eigenvalue weighted by Crippen LogP contribution is -2.49. The third-order valence-electron chi connectivity index (χ3n) is 14.1. The highest BCUT2D eigenvalue weighted by Gasteiger charge is 2.37. The summed E-state index contributed by atoms with van der Waals surface area (Å²) in [5.74, 6) is 1.10. The number of rotatable bonds is 10. The van der Waals surface area contributed by atoms with Gasteiger partial charge in [0.1, 0.15) is 17.7 Å². The van der Waals surface area contributed by atoms with Crippen LogP contribution in [0, 0.1) is 5.92 Å². The molecule has 4 saturated heterocycles. The fraction of sp³-hybridized carbons (Fsp3) is 0.511. The lowest BCUT2D eigenvalue weighted by molar-refractivity contribution is -0.128. The van der Waals surface area contributed by atoms with Crippen molar-refractivity contribution >= 4 is 57.0 Å². The summed E-state index contributed by atoms with van der Waals surface area (Å²) in [6, 6.07) is 12.9. The molecule has 3 unspecified atom stereocenters. The van der Waals surface area contributed by atoms with Crippen LogP contribution in [0.2, 0.25) is 0 Å². The van der Waals surface area contributed by atoms with Gasteiger partial charge in [0.15, 0.2) is 17.1 Å². The zero-order valence-electron chi connectivity index (χ0n) is 34.7. The van der Waals surface area contributed by atoms with Crippen LogP contribution in [0.5, 0.6) is 0 Å². The molecule has 0 radical (unpaired) electrons. The molecule has 0 bridgehead atoms. The van der Waals surface area contributed by atoms with E-state index in [4.69, 9.17) is 15.2 Å². The third-order valence-corrected chi connectivity index (χ3v) is 14.1. The number of amides is 4. The van der Waals surface area contributed by atoms with Crippen molar-refractivity contribution in [3.05, 3.63) is 71.3 Å². The lowest BCUT2D eigenvalue weighted by atomic mass is 9.88. The van der Waals surface area contributed by atoms with Gasteiger partial charge < -0.3 is 50.6 Å². The Kier molecular flexibility index (Phi) is 10.5. The Bertz CT molecular complexity index is 2440. The standard InChI is InChI=1S/C45H55N11O5/c1-53-19-20-56(45(53)60)31-3-2-16-55(25-31)36-23-48-40(42(46)58)43(50-36)49-30-8-6-27(7-9-30)28-13-17-54(18-14-28)24-26-4-5-29(21-26)34-22-35-32(12-15-47-35)38-39(52-61-41(34)38)33-10-11-37(57)51-44(33)59/h6-9,12,15,22-23,26,28-29,31,33,37,47,57H,2-5,10-11,13-14,16-21,24-25H2,1H3,(H2,46,58)(H,49,50)(H,51,59)/t26-,29?,31-,33?,37?/m1/s1. The molecule has 4 aliphatic heterocycles. The maximum atomic E-state index is 12.9. The number of nitrogens with two attached hydrogens (primary N) is 1. The van der Waals surface area contributed by atoms with E-state index < -0.39 is 18.1 Å². The molecule has 61 heavy (non-hydrogen) atoms. The Labute approximate surface area is 354 Å². The zero-order valence-corrected chi connectivity index (χ0v) is 34.7. The predicted octanol–water partition coefficient (Wildman–Crippen LogP) is 5.35. The number of piperidine rings is 3. The van der Waals surface area contributed by atoms with Crippen LogP contribution in [-0.2, 0) is 4.79 Å². The molecule has 4 amide bonds. The van der Waals surface area contributed by atoms with Crippen molar-refractivity contribution in [2.24, 2.45) is 11.7 Å². The molecule has 320 valence electrons. The summed E-state index contributed by atoms with van der Waals surface area (Å²) >= 11 is 0. The van der Waals surface area contributed by atoms with Crippen molar-refractivity contribution in [2.45, 2.75) is 87.8 Å². The topological polar surface area (TPSA) is 202 Å². The lowest BCUT2D eigenvalue weighted by Gasteiger charge is -2.37. The molecule has 5 aliphatic rings. The molecule has 2 aromatic carbocycles. The van der Waals surface area contributed by atoms with Crippen molar-refractivity contribution in [3.63, 3.8) is 0 Å². The summed E-state index contributed by atoms with van der Waals surface area (Å²) in [5, 5.41) is 22.4. The molecule has 0 spiro atoms. The largest absolute Gasteiger partial charge is 0.374 e. The van der Waals surface area contributed by atoms with Gasteiger partial charge in [0.25, 0.3) is 5.91 Å². The molecule has 7 heterocycles. The van der Waals surface area contributed by atoms with Gasteiger partial charge >= 0.3 is 6.03 Å². The first-order chi connectivity index (χ1) is 29.7. The van der Waals surface area contributed by atoms with E-state index in [0.717, 1.165) is 112 Å². The van der Waals surface area contributed by atoms with E-state index in [1.165, 1.54) is 11.1 Å². The monoisotopic (exact) mass is 829 g/mol. The Morgan fingerprint density at radius 2 is 1.82 bits per heavy atom. The van der Waals surface area contributed by atoms with Crippen LogP contribution in [-0.4, -0.2) is 123 Å².